The van der Waals surface area contributed by atoms with Crippen LogP contribution < -0.4 is 5.32 Å². The van der Waals surface area contributed by atoms with Gasteiger partial charge in [0, 0.05) is 32.6 Å². The van der Waals surface area contributed by atoms with Crippen LogP contribution >= 0.6 is 0 Å². The molecule has 3 nitrogen and oxygen atoms in total. The van der Waals surface area contributed by atoms with Gasteiger partial charge >= 0.3 is 0 Å². The third-order valence-electron chi connectivity index (χ3n) is 2.81. The van der Waals surface area contributed by atoms with Gasteiger partial charge < -0.3 is 10.1 Å². The maximum Gasteiger partial charge on any atom is 0.0716 e. The van der Waals surface area contributed by atoms with Crippen LogP contribution in [0.25, 0.3) is 0 Å². The van der Waals surface area contributed by atoms with Gasteiger partial charge in [-0.15, -0.1) is 0 Å². The molecule has 0 aliphatic rings. The van der Waals surface area contributed by atoms with Crippen LogP contribution in [0.1, 0.15) is 16.7 Å². The summed E-state index contributed by atoms with van der Waals surface area (Å²) < 4.78 is 5.20. The van der Waals surface area contributed by atoms with E-state index >= 15 is 0 Å². The summed E-state index contributed by atoms with van der Waals surface area (Å²) in [6.45, 7) is 2.36. The molecule has 1 aromatic heterocycles. The zero-order valence-electron chi connectivity index (χ0n) is 10.6. The molecule has 0 amide bonds. The molecule has 0 fully saturated rings. The second-order valence-electron chi connectivity index (χ2n) is 4.16. The first kappa shape index (κ1) is 12.7. The van der Waals surface area contributed by atoms with Gasteiger partial charge in [-0.3, -0.25) is 4.98 Å². The average Bonchev–Trinajstić information content (AvgIpc) is 2.42. The maximum atomic E-state index is 5.20. The van der Waals surface area contributed by atoms with Gasteiger partial charge in [0.15, 0.2) is 0 Å². The lowest BCUT2D eigenvalue weighted by molar-refractivity contribution is 0.184. The highest BCUT2D eigenvalue weighted by Crippen LogP contribution is 2.09. The van der Waals surface area contributed by atoms with Crippen molar-refractivity contribution in [2.24, 2.45) is 0 Å². The van der Waals surface area contributed by atoms with E-state index in [0.717, 1.165) is 13.1 Å². The van der Waals surface area contributed by atoms with Crippen LogP contribution in [0.2, 0.25) is 0 Å². The lowest BCUT2D eigenvalue weighted by atomic mass is 10.1. The second kappa shape index (κ2) is 6.89. The molecule has 18 heavy (non-hydrogen) atoms. The molecule has 0 spiro atoms. The minimum Gasteiger partial charge on any atom is -0.380 e. The van der Waals surface area contributed by atoms with Crippen LogP contribution in [0.5, 0.6) is 0 Å². The predicted octanol–water partition coefficient (Wildman–Crippen LogP) is 2.52. The van der Waals surface area contributed by atoms with Crippen molar-refractivity contribution in [3.8, 4) is 0 Å². The Bertz CT molecular complexity index is 471. The molecule has 1 N–H and O–H groups in total. The largest absolute Gasteiger partial charge is 0.380 e. The number of nitrogens with one attached hydrogen (secondary N) is 1. The van der Waals surface area contributed by atoms with E-state index in [1.165, 1.54) is 16.7 Å². The highest BCUT2D eigenvalue weighted by Gasteiger charge is 2.00. The molecule has 0 aliphatic carbocycles. The molecule has 0 saturated carbocycles. The summed E-state index contributed by atoms with van der Waals surface area (Å²) in [5, 5.41) is 3.43. The first-order valence-electron chi connectivity index (χ1n) is 6.05. The summed E-state index contributed by atoms with van der Waals surface area (Å²) in [6.07, 6.45) is 3.63. The van der Waals surface area contributed by atoms with Crippen LogP contribution in [0.4, 0.5) is 0 Å². The van der Waals surface area contributed by atoms with Crippen LogP contribution in [-0.4, -0.2) is 12.1 Å². The number of rotatable bonds is 6. The SMILES string of the molecule is COCc1ccccc1CNCc1ccncc1. The van der Waals surface area contributed by atoms with Crippen molar-refractivity contribution in [3.63, 3.8) is 0 Å². The fourth-order valence-electron chi connectivity index (χ4n) is 1.87. The Labute approximate surface area is 108 Å². The number of nitrogens with zero attached hydrogens (tertiary/aromatic N) is 1. The molecule has 0 unspecified atom stereocenters. The number of pyridine rings is 1. The van der Waals surface area contributed by atoms with E-state index in [9.17, 15) is 0 Å². The summed E-state index contributed by atoms with van der Waals surface area (Å²) in [7, 11) is 1.72. The molecular weight excluding hydrogens is 224 g/mol. The molecule has 0 atom stereocenters. The van der Waals surface area contributed by atoms with Crippen molar-refractivity contribution < 1.29 is 4.74 Å². The highest BCUT2D eigenvalue weighted by atomic mass is 16.5. The lowest BCUT2D eigenvalue weighted by Gasteiger charge is -2.10. The van der Waals surface area contributed by atoms with Gasteiger partial charge in [0.25, 0.3) is 0 Å². The maximum absolute atomic E-state index is 5.20. The topological polar surface area (TPSA) is 34.1 Å². The minimum absolute atomic E-state index is 0.660. The lowest BCUT2D eigenvalue weighted by Crippen LogP contribution is -2.14. The van der Waals surface area contributed by atoms with Gasteiger partial charge in [-0.05, 0) is 28.8 Å². The van der Waals surface area contributed by atoms with Crippen molar-refractivity contribution >= 4 is 0 Å². The summed E-state index contributed by atoms with van der Waals surface area (Å²) in [4.78, 5) is 4.01. The van der Waals surface area contributed by atoms with E-state index in [0.29, 0.717) is 6.61 Å². The van der Waals surface area contributed by atoms with Gasteiger partial charge in [-0.1, -0.05) is 24.3 Å². The minimum atomic E-state index is 0.660. The Morgan fingerprint density at radius 3 is 2.44 bits per heavy atom. The Morgan fingerprint density at radius 2 is 1.72 bits per heavy atom. The van der Waals surface area contributed by atoms with Gasteiger partial charge in [-0.2, -0.15) is 0 Å². The first-order chi connectivity index (χ1) is 8.90. The fraction of sp³-hybridized carbons (Fsp3) is 0.267. The quantitative estimate of drug-likeness (QED) is 0.845. The van der Waals surface area contributed by atoms with Gasteiger partial charge in [0.05, 0.1) is 6.61 Å². The van der Waals surface area contributed by atoms with Crippen LogP contribution in [0.3, 0.4) is 0 Å². The van der Waals surface area contributed by atoms with E-state index in [1.807, 2.05) is 30.6 Å². The molecule has 1 heterocycles. The summed E-state index contributed by atoms with van der Waals surface area (Å²) >= 11 is 0. The molecule has 2 aromatic rings. The third-order valence-corrected chi connectivity index (χ3v) is 2.81. The number of hydrogen-bond acceptors (Lipinski definition) is 3. The Kier molecular flexibility index (Phi) is 4.88. The average molecular weight is 242 g/mol. The zero-order chi connectivity index (χ0) is 12.6. The normalized spacial score (nSPS) is 10.5. The third kappa shape index (κ3) is 3.65. The van der Waals surface area contributed by atoms with E-state index in [-0.39, 0.29) is 0 Å². The standard InChI is InChI=1S/C15H18N2O/c1-18-12-15-5-3-2-4-14(15)11-17-10-13-6-8-16-9-7-13/h2-9,17H,10-12H2,1H3. The van der Waals surface area contributed by atoms with Crippen LogP contribution in [0.15, 0.2) is 48.8 Å². The molecule has 3 heteroatoms. The van der Waals surface area contributed by atoms with E-state index in [4.69, 9.17) is 4.74 Å². The van der Waals surface area contributed by atoms with Crippen LogP contribution in [-0.2, 0) is 24.4 Å². The Balaban J connectivity index is 1.90. The van der Waals surface area contributed by atoms with E-state index in [1.54, 1.807) is 7.11 Å². The number of hydrogen-bond donors (Lipinski definition) is 1. The molecular formula is C15H18N2O. The van der Waals surface area contributed by atoms with Gasteiger partial charge in [0.1, 0.15) is 0 Å². The zero-order valence-corrected chi connectivity index (χ0v) is 10.6. The van der Waals surface area contributed by atoms with Crippen molar-refractivity contribution in [1.29, 1.82) is 0 Å². The van der Waals surface area contributed by atoms with Crippen LogP contribution in [0, 0.1) is 0 Å². The molecule has 0 saturated heterocycles. The fourth-order valence-corrected chi connectivity index (χ4v) is 1.87. The first-order valence-corrected chi connectivity index (χ1v) is 6.05. The molecule has 1 aromatic carbocycles. The number of methoxy groups -OCH3 is 1. The summed E-state index contributed by atoms with van der Waals surface area (Å²) in [6, 6.07) is 12.4. The number of aromatic nitrogens is 1. The van der Waals surface area contributed by atoms with E-state index < -0.39 is 0 Å². The second-order valence-corrected chi connectivity index (χ2v) is 4.16. The van der Waals surface area contributed by atoms with Crippen molar-refractivity contribution in [2.45, 2.75) is 19.7 Å². The smallest absolute Gasteiger partial charge is 0.0716 e. The predicted molar refractivity (Wildman–Crippen MR) is 71.9 cm³/mol. The number of ether oxygens (including phenoxy) is 1. The Morgan fingerprint density at radius 1 is 1.00 bits per heavy atom. The summed E-state index contributed by atoms with van der Waals surface area (Å²) in [5.41, 5.74) is 3.77. The molecule has 0 bridgehead atoms. The highest BCUT2D eigenvalue weighted by molar-refractivity contribution is 5.26. The molecule has 0 aliphatic heterocycles. The molecule has 94 valence electrons. The van der Waals surface area contributed by atoms with Gasteiger partial charge in [-0.25, -0.2) is 0 Å². The van der Waals surface area contributed by atoms with Crippen molar-refractivity contribution in [1.82, 2.24) is 10.3 Å². The van der Waals surface area contributed by atoms with Crippen molar-refractivity contribution in [3.05, 3.63) is 65.5 Å². The molecule has 2 rings (SSSR count). The molecule has 0 radical (unpaired) electrons. The Hall–Kier alpha value is -1.71. The summed E-state index contributed by atoms with van der Waals surface area (Å²) in [5.74, 6) is 0. The van der Waals surface area contributed by atoms with Gasteiger partial charge in [0.2, 0.25) is 0 Å². The van der Waals surface area contributed by atoms with Crippen molar-refractivity contribution in [2.75, 3.05) is 7.11 Å². The monoisotopic (exact) mass is 242 g/mol. The number of benzene rings is 1. The van der Waals surface area contributed by atoms with E-state index in [2.05, 4.69) is 28.5 Å².